The first-order valence-corrected chi connectivity index (χ1v) is 12.9. The van der Waals surface area contributed by atoms with Crippen LogP contribution >= 0.6 is 11.8 Å². The number of nitrogens with one attached hydrogen (secondary N) is 3. The van der Waals surface area contributed by atoms with Gasteiger partial charge in [-0.05, 0) is 17.7 Å². The second kappa shape index (κ2) is 11.5. The molecule has 5 rings (SSSR count). The van der Waals surface area contributed by atoms with Gasteiger partial charge in [0.15, 0.2) is 5.82 Å². The molecule has 0 spiro atoms. The molecule has 9 nitrogen and oxygen atoms in total. The Balaban J connectivity index is 1.33. The quantitative estimate of drug-likeness (QED) is 0.209. The molecular weight excluding hydrogens is 512 g/mol. The molecule has 3 aromatic carbocycles. The maximum absolute atomic E-state index is 12.9. The first kappa shape index (κ1) is 25.5. The molecule has 39 heavy (non-hydrogen) atoms. The highest BCUT2D eigenvalue weighted by Crippen LogP contribution is 2.41. The van der Waals surface area contributed by atoms with Gasteiger partial charge in [-0.2, -0.15) is 5.26 Å². The number of hydrogen-bond donors (Lipinski definition) is 3. The summed E-state index contributed by atoms with van der Waals surface area (Å²) in [6.45, 7) is 1.44. The van der Waals surface area contributed by atoms with E-state index in [1.807, 2.05) is 66.7 Å². The average Bonchev–Trinajstić information content (AvgIpc) is 3.57. The van der Waals surface area contributed by atoms with Crippen LogP contribution in [0.5, 0.6) is 0 Å². The maximum Gasteiger partial charge on any atom is 0.237 e. The molecule has 2 amide bonds. The lowest BCUT2D eigenvalue weighted by molar-refractivity contribution is -0.114. The van der Waals surface area contributed by atoms with Crippen molar-refractivity contribution in [2.75, 3.05) is 16.4 Å². The number of furan rings is 1. The first-order valence-electron chi connectivity index (χ1n) is 11.9. The third-order valence-corrected chi connectivity index (χ3v) is 6.47. The Morgan fingerprint density at radius 1 is 0.949 bits per heavy atom. The largest absolute Gasteiger partial charge is 0.438 e. The Labute approximate surface area is 228 Å². The molecule has 0 saturated carbocycles. The molecule has 2 heterocycles. The van der Waals surface area contributed by atoms with Gasteiger partial charge in [0.25, 0.3) is 0 Å². The predicted molar refractivity (Wildman–Crippen MR) is 150 cm³/mol. The molecule has 0 aliphatic carbocycles. The van der Waals surface area contributed by atoms with Crippen molar-refractivity contribution in [2.24, 2.45) is 0 Å². The fourth-order valence-electron chi connectivity index (χ4n) is 3.98. The lowest BCUT2D eigenvalue weighted by Gasteiger charge is -2.03. The minimum Gasteiger partial charge on any atom is -0.438 e. The van der Waals surface area contributed by atoms with Crippen LogP contribution in [0.15, 0.2) is 94.5 Å². The predicted octanol–water partition coefficient (Wildman–Crippen LogP) is 5.96. The number of aromatic nitrogens is 3. The van der Waals surface area contributed by atoms with Crippen molar-refractivity contribution < 1.29 is 14.0 Å². The second-order valence-electron chi connectivity index (χ2n) is 8.42. The van der Waals surface area contributed by atoms with Crippen molar-refractivity contribution in [3.63, 3.8) is 0 Å². The van der Waals surface area contributed by atoms with Crippen molar-refractivity contribution >= 4 is 35.1 Å². The molecule has 3 N–H and O–H groups in total. The summed E-state index contributed by atoms with van der Waals surface area (Å²) in [5.41, 5.74) is 3.84. The fourth-order valence-corrected chi connectivity index (χ4v) is 4.58. The van der Waals surface area contributed by atoms with Gasteiger partial charge < -0.3 is 9.73 Å². The summed E-state index contributed by atoms with van der Waals surface area (Å²) in [6, 6.07) is 28.3. The molecule has 2 aromatic heterocycles. The van der Waals surface area contributed by atoms with Crippen molar-refractivity contribution in [3.8, 4) is 39.9 Å². The van der Waals surface area contributed by atoms with Gasteiger partial charge in [0, 0.05) is 29.3 Å². The number of aromatic amines is 1. The number of carbonyl (C=O) groups is 2. The highest BCUT2D eigenvalue weighted by Gasteiger charge is 2.24. The van der Waals surface area contributed by atoms with Crippen LogP contribution in [0.4, 0.5) is 11.6 Å². The molecule has 0 aliphatic heterocycles. The van der Waals surface area contributed by atoms with E-state index in [-0.39, 0.29) is 29.0 Å². The van der Waals surface area contributed by atoms with Crippen molar-refractivity contribution in [2.45, 2.75) is 12.1 Å². The highest BCUT2D eigenvalue weighted by molar-refractivity contribution is 7.99. The summed E-state index contributed by atoms with van der Waals surface area (Å²) in [6.07, 6.45) is 0. The van der Waals surface area contributed by atoms with E-state index in [0.29, 0.717) is 28.0 Å². The summed E-state index contributed by atoms with van der Waals surface area (Å²) >= 11 is 1.14. The van der Waals surface area contributed by atoms with Crippen molar-refractivity contribution in [3.05, 3.63) is 90.5 Å². The monoisotopic (exact) mass is 534 g/mol. The number of rotatable bonds is 8. The number of hydrogen-bond acceptors (Lipinski definition) is 7. The summed E-state index contributed by atoms with van der Waals surface area (Å²) in [4.78, 5) is 28.6. The van der Waals surface area contributed by atoms with E-state index >= 15 is 0 Å². The third kappa shape index (κ3) is 5.89. The van der Waals surface area contributed by atoms with Crippen LogP contribution < -0.4 is 10.6 Å². The van der Waals surface area contributed by atoms with Gasteiger partial charge in [-0.1, -0.05) is 84.6 Å². The number of nitrogens with zero attached hydrogens (tertiary/aromatic N) is 3. The van der Waals surface area contributed by atoms with Gasteiger partial charge in [-0.3, -0.25) is 20.0 Å². The van der Waals surface area contributed by atoms with Crippen molar-refractivity contribution in [1.82, 2.24) is 15.2 Å². The molecule has 0 saturated heterocycles. The Morgan fingerprint density at radius 3 is 2.33 bits per heavy atom. The SMILES string of the molecule is CC(=O)Nc1cccc(-c2nc(SCC(=O)Nc3oc(-c4ccccc4)c(-c4ccccc4)c3C#N)n[nH]2)c1. The molecule has 5 aromatic rings. The highest BCUT2D eigenvalue weighted by atomic mass is 32.2. The van der Waals surface area contributed by atoms with E-state index in [1.165, 1.54) is 6.92 Å². The molecule has 0 bridgehead atoms. The zero-order valence-electron chi connectivity index (χ0n) is 20.8. The first-order chi connectivity index (χ1) is 19.0. The molecule has 10 heteroatoms. The van der Waals surface area contributed by atoms with E-state index < -0.39 is 0 Å². The Hall–Kier alpha value is -5.14. The minimum atomic E-state index is -0.372. The van der Waals surface area contributed by atoms with E-state index in [1.54, 1.807) is 18.2 Å². The second-order valence-corrected chi connectivity index (χ2v) is 9.36. The lowest BCUT2D eigenvalue weighted by atomic mass is 9.98. The van der Waals surface area contributed by atoms with E-state index in [2.05, 4.69) is 31.9 Å². The zero-order valence-corrected chi connectivity index (χ0v) is 21.6. The van der Waals surface area contributed by atoms with Crippen LogP contribution in [0.25, 0.3) is 33.8 Å². The molecule has 0 unspecified atom stereocenters. The Morgan fingerprint density at radius 2 is 1.64 bits per heavy atom. The van der Waals surface area contributed by atoms with Crippen molar-refractivity contribution in [1.29, 1.82) is 5.26 Å². The number of thioether (sulfide) groups is 1. The van der Waals surface area contributed by atoms with Gasteiger partial charge in [-0.15, -0.1) is 5.10 Å². The summed E-state index contributed by atoms with van der Waals surface area (Å²) in [5, 5.41) is 22.9. The van der Waals surface area contributed by atoms with Gasteiger partial charge in [0.2, 0.25) is 22.9 Å². The fraction of sp³-hybridized carbons (Fsp3) is 0.0690. The lowest BCUT2D eigenvalue weighted by Crippen LogP contribution is -2.14. The molecule has 192 valence electrons. The van der Waals surface area contributed by atoms with Crippen LogP contribution in [0.1, 0.15) is 12.5 Å². The number of nitriles is 1. The van der Waals surface area contributed by atoms with Gasteiger partial charge in [-0.25, -0.2) is 4.98 Å². The zero-order chi connectivity index (χ0) is 27.2. The van der Waals surface area contributed by atoms with E-state index in [0.717, 1.165) is 28.5 Å². The number of benzene rings is 3. The smallest absolute Gasteiger partial charge is 0.237 e. The van der Waals surface area contributed by atoms with Gasteiger partial charge >= 0.3 is 0 Å². The van der Waals surface area contributed by atoms with Crippen LogP contribution in [-0.4, -0.2) is 32.7 Å². The average molecular weight is 535 g/mol. The molecule has 0 aliphatic rings. The maximum atomic E-state index is 12.9. The molecule has 0 atom stereocenters. The molecular formula is C29H22N6O3S. The Bertz CT molecular complexity index is 1670. The van der Waals surface area contributed by atoms with Crippen LogP contribution in [0.2, 0.25) is 0 Å². The van der Waals surface area contributed by atoms with Crippen LogP contribution in [0, 0.1) is 11.3 Å². The molecule has 0 radical (unpaired) electrons. The summed E-state index contributed by atoms with van der Waals surface area (Å²) in [5.74, 6) is 0.546. The summed E-state index contributed by atoms with van der Waals surface area (Å²) < 4.78 is 6.07. The number of carbonyl (C=O) groups excluding carboxylic acids is 2. The summed E-state index contributed by atoms with van der Waals surface area (Å²) in [7, 11) is 0. The van der Waals surface area contributed by atoms with Gasteiger partial charge in [0.05, 0.1) is 5.75 Å². The van der Waals surface area contributed by atoms with Crippen LogP contribution in [-0.2, 0) is 9.59 Å². The number of H-pyrrole nitrogens is 1. The third-order valence-electron chi connectivity index (χ3n) is 5.63. The number of anilines is 2. The standard InChI is InChI=1S/C29H22N6O3S/c1-18(36)31-22-14-8-13-21(15-22)27-33-29(35-34-27)39-17-24(37)32-28-23(16-30)25(19-9-4-2-5-10-19)26(38-28)20-11-6-3-7-12-20/h2-15H,17H2,1H3,(H,31,36)(H,32,37)(H,33,34,35). The van der Waals surface area contributed by atoms with E-state index in [9.17, 15) is 14.9 Å². The normalized spacial score (nSPS) is 10.6. The topological polar surface area (TPSA) is 137 Å². The molecule has 0 fully saturated rings. The van der Waals surface area contributed by atoms with Crippen LogP contribution in [0.3, 0.4) is 0 Å². The van der Waals surface area contributed by atoms with E-state index in [4.69, 9.17) is 4.42 Å². The number of amides is 2. The Kier molecular flexibility index (Phi) is 7.52. The van der Waals surface area contributed by atoms with Gasteiger partial charge in [0.1, 0.15) is 17.4 Å². The minimum absolute atomic E-state index is 0.00384.